The third kappa shape index (κ3) is 3.17. The SMILES string of the molecule is CC.CC1=C(C#N)C(c2cc(C#N)c(F)c(C)c2F)C(C#N)=C(C)N1C. The van der Waals surface area contributed by atoms with Crippen LogP contribution in [0.4, 0.5) is 8.78 Å². The molecule has 1 aromatic carbocycles. The second kappa shape index (κ2) is 8.28. The molecule has 4 nitrogen and oxygen atoms in total. The topological polar surface area (TPSA) is 74.6 Å². The van der Waals surface area contributed by atoms with Crippen molar-refractivity contribution in [2.75, 3.05) is 7.05 Å². The molecule has 0 unspecified atom stereocenters. The lowest BCUT2D eigenvalue weighted by atomic mass is 9.79. The van der Waals surface area contributed by atoms with Gasteiger partial charge in [0.05, 0.1) is 34.8 Å². The van der Waals surface area contributed by atoms with Crippen LogP contribution >= 0.6 is 0 Å². The van der Waals surface area contributed by atoms with E-state index in [0.717, 1.165) is 6.07 Å². The molecule has 0 bridgehead atoms. The second-order valence-electron chi connectivity index (χ2n) is 5.59. The van der Waals surface area contributed by atoms with Crippen LogP contribution in [-0.2, 0) is 0 Å². The van der Waals surface area contributed by atoms with Crippen LogP contribution in [0.1, 0.15) is 50.3 Å². The van der Waals surface area contributed by atoms with Gasteiger partial charge in [-0.05, 0) is 26.8 Å². The highest BCUT2D eigenvalue weighted by atomic mass is 19.1. The van der Waals surface area contributed by atoms with Gasteiger partial charge in [-0.25, -0.2) is 8.78 Å². The van der Waals surface area contributed by atoms with E-state index in [-0.39, 0.29) is 27.8 Å². The maximum Gasteiger partial charge on any atom is 0.146 e. The summed E-state index contributed by atoms with van der Waals surface area (Å²) in [5.41, 5.74) is 0.922. The molecular weight excluding hydrogens is 334 g/mol. The summed E-state index contributed by atoms with van der Waals surface area (Å²) < 4.78 is 28.7. The minimum absolute atomic E-state index is 0.0367. The molecule has 1 aliphatic rings. The lowest BCUT2D eigenvalue weighted by Gasteiger charge is -2.33. The van der Waals surface area contributed by atoms with Gasteiger partial charge in [0.1, 0.15) is 17.7 Å². The van der Waals surface area contributed by atoms with Crippen molar-refractivity contribution in [1.82, 2.24) is 4.90 Å². The second-order valence-corrected chi connectivity index (χ2v) is 5.59. The highest BCUT2D eigenvalue weighted by Gasteiger charge is 2.34. The Kier molecular flexibility index (Phi) is 6.64. The van der Waals surface area contributed by atoms with Gasteiger partial charge in [-0.15, -0.1) is 0 Å². The molecule has 1 aliphatic heterocycles. The molecule has 0 amide bonds. The highest BCUT2D eigenvalue weighted by Crippen LogP contribution is 2.42. The first-order chi connectivity index (χ1) is 12.3. The molecule has 2 rings (SSSR count). The molecule has 0 N–H and O–H groups in total. The predicted octanol–water partition coefficient (Wildman–Crippen LogP) is 4.80. The maximum absolute atomic E-state index is 14.7. The fourth-order valence-electron chi connectivity index (χ4n) is 2.87. The lowest BCUT2D eigenvalue weighted by Crippen LogP contribution is -2.26. The molecular formula is C20H20F2N4. The smallest absolute Gasteiger partial charge is 0.146 e. The minimum Gasteiger partial charge on any atom is -0.350 e. The van der Waals surface area contributed by atoms with Crippen molar-refractivity contribution in [3.8, 4) is 18.2 Å². The molecule has 0 spiro atoms. The van der Waals surface area contributed by atoms with E-state index in [2.05, 4.69) is 0 Å². The van der Waals surface area contributed by atoms with E-state index in [1.165, 1.54) is 6.92 Å². The van der Waals surface area contributed by atoms with Crippen LogP contribution in [0.15, 0.2) is 28.6 Å². The zero-order valence-corrected chi connectivity index (χ0v) is 15.7. The molecule has 26 heavy (non-hydrogen) atoms. The highest BCUT2D eigenvalue weighted by molar-refractivity contribution is 5.57. The van der Waals surface area contributed by atoms with Gasteiger partial charge in [-0.1, -0.05) is 13.8 Å². The third-order valence-corrected chi connectivity index (χ3v) is 4.48. The summed E-state index contributed by atoms with van der Waals surface area (Å²) in [6.45, 7) is 8.63. The van der Waals surface area contributed by atoms with Crippen LogP contribution in [0, 0.1) is 52.6 Å². The standard InChI is InChI=1S/C18H14F2N4.C2H6/c1-9-17(19)12(6-21)5-13(18(9)20)16-14(7-22)10(2)24(4)11(3)15(16)8-23;1-2/h5,16H,1-4H3;1-2H3. The Morgan fingerprint density at radius 3 is 1.73 bits per heavy atom. The van der Waals surface area contributed by atoms with Gasteiger partial charge in [0, 0.05) is 29.6 Å². The van der Waals surface area contributed by atoms with Crippen LogP contribution in [-0.4, -0.2) is 11.9 Å². The fraction of sp³-hybridized carbons (Fsp3) is 0.350. The van der Waals surface area contributed by atoms with Crippen LogP contribution in [0.3, 0.4) is 0 Å². The quantitative estimate of drug-likeness (QED) is 0.726. The van der Waals surface area contributed by atoms with Crippen LogP contribution in [0.2, 0.25) is 0 Å². The van der Waals surface area contributed by atoms with Gasteiger partial charge in [0.2, 0.25) is 0 Å². The van der Waals surface area contributed by atoms with Gasteiger partial charge < -0.3 is 4.90 Å². The van der Waals surface area contributed by atoms with Gasteiger partial charge in [0.15, 0.2) is 0 Å². The Morgan fingerprint density at radius 2 is 1.35 bits per heavy atom. The normalized spacial score (nSPS) is 14.3. The Hall–Kier alpha value is -3.17. The zero-order chi connectivity index (χ0) is 20.2. The Balaban J connectivity index is 0.00000163. The van der Waals surface area contributed by atoms with Crippen LogP contribution in [0.5, 0.6) is 0 Å². The van der Waals surface area contributed by atoms with Gasteiger partial charge in [-0.3, -0.25) is 0 Å². The van der Waals surface area contributed by atoms with E-state index in [1.54, 1.807) is 31.9 Å². The molecule has 0 aromatic heterocycles. The molecule has 1 aromatic rings. The lowest BCUT2D eigenvalue weighted by molar-refractivity contribution is 0.484. The molecule has 0 fully saturated rings. The minimum atomic E-state index is -0.956. The Labute approximate surface area is 152 Å². The van der Waals surface area contributed by atoms with E-state index in [9.17, 15) is 19.3 Å². The van der Waals surface area contributed by atoms with Crippen molar-refractivity contribution < 1.29 is 8.78 Å². The summed E-state index contributed by atoms with van der Waals surface area (Å²) in [5, 5.41) is 28.1. The third-order valence-electron chi connectivity index (χ3n) is 4.48. The summed E-state index contributed by atoms with van der Waals surface area (Å²) in [6.07, 6.45) is 0. The summed E-state index contributed by atoms with van der Waals surface area (Å²) in [5.74, 6) is -2.73. The number of halogens is 2. The monoisotopic (exact) mass is 354 g/mol. The molecule has 0 saturated heterocycles. The molecule has 0 radical (unpaired) electrons. The largest absolute Gasteiger partial charge is 0.350 e. The molecule has 0 saturated carbocycles. The molecule has 6 heteroatoms. The number of benzene rings is 1. The first kappa shape index (κ1) is 20.9. The Bertz CT molecular complexity index is 883. The van der Waals surface area contributed by atoms with Crippen molar-refractivity contribution in [3.63, 3.8) is 0 Å². The number of rotatable bonds is 1. The number of nitriles is 3. The van der Waals surface area contributed by atoms with E-state index >= 15 is 0 Å². The molecule has 0 aliphatic carbocycles. The van der Waals surface area contributed by atoms with E-state index in [1.807, 2.05) is 26.0 Å². The van der Waals surface area contributed by atoms with Gasteiger partial charge in [0.25, 0.3) is 0 Å². The Morgan fingerprint density at radius 1 is 0.885 bits per heavy atom. The van der Waals surface area contributed by atoms with Crippen molar-refractivity contribution in [2.45, 2.75) is 40.5 Å². The van der Waals surface area contributed by atoms with Crippen molar-refractivity contribution >= 4 is 0 Å². The predicted molar refractivity (Wildman–Crippen MR) is 94.3 cm³/mol. The molecule has 1 heterocycles. The van der Waals surface area contributed by atoms with Crippen LogP contribution in [0.25, 0.3) is 0 Å². The maximum atomic E-state index is 14.7. The van der Waals surface area contributed by atoms with Crippen molar-refractivity contribution in [2.24, 2.45) is 0 Å². The molecule has 134 valence electrons. The van der Waals surface area contributed by atoms with Crippen molar-refractivity contribution in [3.05, 3.63) is 56.9 Å². The van der Waals surface area contributed by atoms with Gasteiger partial charge in [-0.2, -0.15) is 15.8 Å². The van der Waals surface area contributed by atoms with E-state index in [4.69, 9.17) is 5.26 Å². The number of hydrogen-bond acceptors (Lipinski definition) is 4. The number of nitrogens with zero attached hydrogens (tertiary/aromatic N) is 4. The summed E-state index contributed by atoms with van der Waals surface area (Å²) in [4.78, 5) is 1.69. The average molecular weight is 354 g/mol. The van der Waals surface area contributed by atoms with Crippen molar-refractivity contribution in [1.29, 1.82) is 15.8 Å². The summed E-state index contributed by atoms with van der Waals surface area (Å²) in [7, 11) is 1.71. The van der Waals surface area contributed by atoms with E-state index < -0.39 is 17.6 Å². The van der Waals surface area contributed by atoms with Crippen LogP contribution < -0.4 is 0 Å². The number of allylic oxidation sites excluding steroid dienone is 4. The summed E-state index contributed by atoms with van der Waals surface area (Å²) in [6, 6.07) is 6.83. The number of hydrogen-bond donors (Lipinski definition) is 0. The van der Waals surface area contributed by atoms with Gasteiger partial charge >= 0.3 is 0 Å². The fourth-order valence-corrected chi connectivity index (χ4v) is 2.87. The zero-order valence-electron chi connectivity index (χ0n) is 15.7. The average Bonchev–Trinajstić information content (AvgIpc) is 2.66. The first-order valence-electron chi connectivity index (χ1n) is 8.14. The summed E-state index contributed by atoms with van der Waals surface area (Å²) >= 11 is 0. The first-order valence-corrected chi connectivity index (χ1v) is 8.14. The van der Waals surface area contributed by atoms with E-state index in [0.29, 0.717) is 11.4 Å². The molecule has 0 atom stereocenters.